The van der Waals surface area contributed by atoms with E-state index in [9.17, 15) is 0 Å². The molecule has 1 heterocycles. The normalized spacial score (nSPS) is 25.6. The minimum Gasteiger partial charge on any atom is -0.286 e. The minimum atomic E-state index is 0.421. The van der Waals surface area contributed by atoms with Crippen LogP contribution >= 0.6 is 0 Å². The van der Waals surface area contributed by atoms with Gasteiger partial charge in [0.25, 0.3) is 0 Å². The molecule has 0 radical (unpaired) electrons. The molecule has 1 aliphatic heterocycles. The van der Waals surface area contributed by atoms with Gasteiger partial charge in [0.05, 0.1) is 6.04 Å². The van der Waals surface area contributed by atoms with E-state index >= 15 is 0 Å². The molecule has 1 aromatic rings. The Morgan fingerprint density at radius 1 is 1.14 bits per heavy atom. The zero-order valence-corrected chi connectivity index (χ0v) is 9.33. The molecule has 0 saturated heterocycles. The van der Waals surface area contributed by atoms with Crippen molar-refractivity contribution in [1.82, 2.24) is 0 Å². The van der Waals surface area contributed by atoms with Gasteiger partial charge in [0.15, 0.2) is 0 Å². The third-order valence-corrected chi connectivity index (χ3v) is 3.21. The zero-order valence-electron chi connectivity index (χ0n) is 9.33. The second-order valence-corrected chi connectivity index (χ2v) is 4.33. The fourth-order valence-corrected chi connectivity index (χ4v) is 2.13. The summed E-state index contributed by atoms with van der Waals surface area (Å²) in [7, 11) is 0. The summed E-state index contributed by atoms with van der Waals surface area (Å²) >= 11 is 0. The van der Waals surface area contributed by atoms with E-state index < -0.39 is 0 Å². The Labute approximate surface area is 85.9 Å². The Morgan fingerprint density at radius 3 is 2.57 bits per heavy atom. The van der Waals surface area contributed by atoms with Crippen molar-refractivity contribution >= 4 is 5.71 Å². The van der Waals surface area contributed by atoms with Crippen LogP contribution in [0.25, 0.3) is 0 Å². The number of hydrogen-bond acceptors (Lipinski definition) is 1. The van der Waals surface area contributed by atoms with Gasteiger partial charge in [-0.1, -0.05) is 24.6 Å². The van der Waals surface area contributed by atoms with Gasteiger partial charge in [0.2, 0.25) is 0 Å². The molecule has 1 heteroatoms. The molecule has 2 rings (SSSR count). The summed E-state index contributed by atoms with van der Waals surface area (Å²) in [6, 6.07) is 7.12. The fourth-order valence-electron chi connectivity index (χ4n) is 2.13. The Morgan fingerprint density at radius 2 is 1.86 bits per heavy atom. The Hall–Kier alpha value is -1.11. The molecule has 0 spiro atoms. The van der Waals surface area contributed by atoms with Crippen LogP contribution in [0.5, 0.6) is 0 Å². The van der Waals surface area contributed by atoms with Gasteiger partial charge in [0.1, 0.15) is 0 Å². The lowest BCUT2D eigenvalue weighted by Crippen LogP contribution is -2.20. The second kappa shape index (κ2) is 3.23. The van der Waals surface area contributed by atoms with Gasteiger partial charge < -0.3 is 0 Å². The molecule has 0 bridgehead atoms. The van der Waals surface area contributed by atoms with Crippen LogP contribution in [0.2, 0.25) is 0 Å². The van der Waals surface area contributed by atoms with Crippen molar-refractivity contribution < 1.29 is 0 Å². The highest BCUT2D eigenvalue weighted by molar-refractivity contribution is 6.01. The summed E-state index contributed by atoms with van der Waals surface area (Å²) in [5.41, 5.74) is 5.31. The van der Waals surface area contributed by atoms with Crippen molar-refractivity contribution in [2.24, 2.45) is 4.99 Å². The smallest absolute Gasteiger partial charge is 0.0540 e. The summed E-state index contributed by atoms with van der Waals surface area (Å²) in [5, 5.41) is 0. The summed E-state index contributed by atoms with van der Waals surface area (Å²) in [6.07, 6.45) is 0. The topological polar surface area (TPSA) is 12.4 Å². The number of aryl methyl sites for hydroxylation is 1. The third kappa shape index (κ3) is 1.37. The van der Waals surface area contributed by atoms with Crippen molar-refractivity contribution in [3.8, 4) is 0 Å². The average molecular weight is 187 g/mol. The highest BCUT2D eigenvalue weighted by Gasteiger charge is 2.22. The lowest BCUT2D eigenvalue weighted by atomic mass is 9.85. The number of hydrogen-bond donors (Lipinski definition) is 0. The van der Waals surface area contributed by atoms with E-state index in [0.29, 0.717) is 12.0 Å². The van der Waals surface area contributed by atoms with Crippen molar-refractivity contribution in [3.63, 3.8) is 0 Å². The van der Waals surface area contributed by atoms with E-state index in [1.165, 1.54) is 22.4 Å². The molecule has 0 fully saturated rings. The standard InChI is InChI=1S/C13H17N/c1-8-5-6-12-9(2)10(3)14-11(4)13(12)7-8/h5-7,9-10H,1-4H3. The predicted octanol–water partition coefficient (Wildman–Crippen LogP) is 3.31. The molecule has 74 valence electrons. The number of rotatable bonds is 0. The first-order valence-electron chi connectivity index (χ1n) is 5.25. The van der Waals surface area contributed by atoms with Crippen LogP contribution in [-0.2, 0) is 0 Å². The van der Waals surface area contributed by atoms with Gasteiger partial charge in [-0.3, -0.25) is 4.99 Å². The molecular weight excluding hydrogens is 170 g/mol. The van der Waals surface area contributed by atoms with Gasteiger partial charge >= 0.3 is 0 Å². The number of aliphatic imine (C=N–C) groups is 1. The maximum Gasteiger partial charge on any atom is 0.0540 e. The molecule has 0 aromatic heterocycles. The first-order valence-corrected chi connectivity index (χ1v) is 5.25. The first kappa shape index (κ1) is 9.45. The van der Waals surface area contributed by atoms with Gasteiger partial charge in [-0.05, 0) is 38.0 Å². The Bertz CT molecular complexity index is 390. The van der Waals surface area contributed by atoms with E-state index in [2.05, 4.69) is 50.9 Å². The summed E-state index contributed by atoms with van der Waals surface area (Å²) < 4.78 is 0. The maximum absolute atomic E-state index is 4.66. The van der Waals surface area contributed by atoms with Crippen molar-refractivity contribution in [1.29, 1.82) is 0 Å². The molecular formula is C13H17N. The van der Waals surface area contributed by atoms with Crippen LogP contribution in [0, 0.1) is 6.92 Å². The molecule has 1 aromatic carbocycles. The molecule has 0 aliphatic carbocycles. The SMILES string of the molecule is CC1=NC(C)C(C)c2ccc(C)cc21. The van der Waals surface area contributed by atoms with Crippen LogP contribution in [0.4, 0.5) is 0 Å². The number of nitrogens with zero attached hydrogens (tertiary/aromatic N) is 1. The third-order valence-electron chi connectivity index (χ3n) is 3.21. The summed E-state index contributed by atoms with van der Waals surface area (Å²) in [6.45, 7) is 8.70. The van der Waals surface area contributed by atoms with E-state index in [1.807, 2.05) is 0 Å². The summed E-state index contributed by atoms with van der Waals surface area (Å²) in [5.74, 6) is 0.550. The molecule has 0 N–H and O–H groups in total. The second-order valence-electron chi connectivity index (χ2n) is 4.33. The monoisotopic (exact) mass is 187 g/mol. The van der Waals surface area contributed by atoms with Crippen LogP contribution < -0.4 is 0 Å². The van der Waals surface area contributed by atoms with Gasteiger partial charge in [-0.25, -0.2) is 0 Å². The lowest BCUT2D eigenvalue weighted by Gasteiger charge is -2.26. The maximum atomic E-state index is 4.66. The lowest BCUT2D eigenvalue weighted by molar-refractivity contribution is 0.604. The highest BCUT2D eigenvalue weighted by atomic mass is 14.8. The van der Waals surface area contributed by atoms with Crippen molar-refractivity contribution in [2.75, 3.05) is 0 Å². The average Bonchev–Trinajstić information content (AvgIpc) is 2.14. The van der Waals surface area contributed by atoms with Crippen molar-refractivity contribution in [2.45, 2.75) is 39.7 Å². The minimum absolute atomic E-state index is 0.421. The predicted molar refractivity (Wildman–Crippen MR) is 61.3 cm³/mol. The van der Waals surface area contributed by atoms with E-state index in [4.69, 9.17) is 0 Å². The van der Waals surface area contributed by atoms with E-state index in [1.54, 1.807) is 0 Å². The molecule has 1 nitrogen and oxygen atoms in total. The zero-order chi connectivity index (χ0) is 10.3. The molecule has 2 atom stereocenters. The quantitative estimate of drug-likeness (QED) is 0.591. The van der Waals surface area contributed by atoms with E-state index in [0.717, 1.165) is 0 Å². The number of benzene rings is 1. The van der Waals surface area contributed by atoms with Crippen LogP contribution in [0.15, 0.2) is 23.2 Å². The largest absolute Gasteiger partial charge is 0.286 e. The van der Waals surface area contributed by atoms with Gasteiger partial charge in [-0.2, -0.15) is 0 Å². The first-order chi connectivity index (χ1) is 6.59. The molecule has 2 unspecified atom stereocenters. The van der Waals surface area contributed by atoms with Gasteiger partial charge in [-0.15, -0.1) is 0 Å². The molecule has 0 saturated carbocycles. The van der Waals surface area contributed by atoms with Crippen molar-refractivity contribution in [3.05, 3.63) is 34.9 Å². The van der Waals surface area contributed by atoms with Crippen LogP contribution in [0.1, 0.15) is 43.4 Å². The Kier molecular flexibility index (Phi) is 2.18. The Balaban J connectivity index is 2.60. The highest BCUT2D eigenvalue weighted by Crippen LogP contribution is 2.30. The van der Waals surface area contributed by atoms with Gasteiger partial charge in [0, 0.05) is 11.6 Å². The summed E-state index contributed by atoms with van der Waals surface area (Å²) in [4.78, 5) is 4.66. The molecule has 14 heavy (non-hydrogen) atoms. The fraction of sp³-hybridized carbons (Fsp3) is 0.462. The molecule has 1 aliphatic rings. The van der Waals surface area contributed by atoms with Crippen LogP contribution in [0.3, 0.4) is 0 Å². The number of fused-ring (bicyclic) bond motifs is 1. The van der Waals surface area contributed by atoms with Crippen LogP contribution in [-0.4, -0.2) is 11.8 Å². The van der Waals surface area contributed by atoms with E-state index in [-0.39, 0.29) is 0 Å². The molecule has 0 amide bonds.